The molecule has 0 rings (SSSR count). The van der Waals surface area contributed by atoms with Gasteiger partial charge in [0.25, 0.3) is 0 Å². The molecule has 5 nitrogen and oxygen atoms in total. The number of carbonyl (C=O) groups is 2. The van der Waals surface area contributed by atoms with Gasteiger partial charge >= 0.3 is 11.9 Å². The van der Waals surface area contributed by atoms with Crippen LogP contribution in [0.3, 0.4) is 0 Å². The third-order valence-electron chi connectivity index (χ3n) is 2.01. The van der Waals surface area contributed by atoms with Gasteiger partial charge in [-0.3, -0.25) is 14.5 Å². The molecule has 0 aromatic rings. The number of nitrogens with zero attached hydrogens (tertiary/aromatic N) is 1. The topological polar surface area (TPSA) is 77.8 Å². The highest BCUT2D eigenvalue weighted by Gasteiger charge is 2.30. The maximum Gasteiger partial charge on any atom is 0.324 e. The minimum absolute atomic E-state index is 0.117. The second-order valence-electron chi connectivity index (χ2n) is 3.02. The number of hydrogen-bond donors (Lipinski definition) is 2. The van der Waals surface area contributed by atoms with E-state index in [0.717, 1.165) is 0 Å². The number of carboxylic acids is 2. The molecule has 0 aliphatic rings. The normalized spacial score (nSPS) is 13.8. The summed E-state index contributed by atoms with van der Waals surface area (Å²) in [6.07, 6.45) is 3.77. The Morgan fingerprint density at radius 1 is 1.06 bits per heavy atom. The molecule has 16 heavy (non-hydrogen) atoms. The zero-order valence-electron chi connectivity index (χ0n) is 8.87. The van der Waals surface area contributed by atoms with Crippen LogP contribution in [0.15, 0.2) is 38.0 Å². The Morgan fingerprint density at radius 3 is 1.62 bits per heavy atom. The SMILES string of the molecule is C=CCN(C(C=C)C(=O)O)C(C=C)C(=O)O. The Kier molecular flexibility index (Phi) is 5.80. The lowest BCUT2D eigenvalue weighted by Gasteiger charge is -2.29. The van der Waals surface area contributed by atoms with Crippen molar-refractivity contribution < 1.29 is 19.8 Å². The smallest absolute Gasteiger partial charge is 0.324 e. The minimum atomic E-state index is -1.16. The highest BCUT2D eigenvalue weighted by molar-refractivity contribution is 5.80. The Labute approximate surface area is 94.0 Å². The molecule has 0 saturated heterocycles. The third kappa shape index (κ3) is 3.36. The molecule has 0 saturated carbocycles. The zero-order valence-corrected chi connectivity index (χ0v) is 8.87. The van der Waals surface area contributed by atoms with E-state index in [1.54, 1.807) is 0 Å². The fraction of sp³-hybridized carbons (Fsp3) is 0.273. The molecule has 2 N–H and O–H groups in total. The predicted octanol–water partition coefficient (Wildman–Crippen LogP) is 0.753. The van der Waals surface area contributed by atoms with Crippen molar-refractivity contribution in [2.45, 2.75) is 12.1 Å². The van der Waals surface area contributed by atoms with Gasteiger partial charge in [0.2, 0.25) is 0 Å². The summed E-state index contributed by atoms with van der Waals surface area (Å²) in [5.41, 5.74) is 0. The lowest BCUT2D eigenvalue weighted by Crippen LogP contribution is -2.49. The second kappa shape index (κ2) is 6.58. The highest BCUT2D eigenvalue weighted by atomic mass is 16.4. The van der Waals surface area contributed by atoms with E-state index >= 15 is 0 Å². The van der Waals surface area contributed by atoms with E-state index in [-0.39, 0.29) is 6.54 Å². The fourth-order valence-corrected chi connectivity index (χ4v) is 1.31. The van der Waals surface area contributed by atoms with Crippen molar-refractivity contribution in [1.82, 2.24) is 4.90 Å². The van der Waals surface area contributed by atoms with Gasteiger partial charge in [0, 0.05) is 6.54 Å². The van der Waals surface area contributed by atoms with Crippen LogP contribution in [0.4, 0.5) is 0 Å². The Balaban J connectivity index is 5.15. The van der Waals surface area contributed by atoms with Crippen LogP contribution in [0.1, 0.15) is 0 Å². The Hall–Kier alpha value is -1.88. The van der Waals surface area contributed by atoms with Crippen molar-refractivity contribution in [1.29, 1.82) is 0 Å². The van der Waals surface area contributed by atoms with Gasteiger partial charge in [0.05, 0.1) is 0 Å². The molecule has 88 valence electrons. The van der Waals surface area contributed by atoms with E-state index in [1.165, 1.54) is 23.1 Å². The molecule has 5 heteroatoms. The summed E-state index contributed by atoms with van der Waals surface area (Å²) in [6.45, 7) is 10.3. The number of carboxylic acid groups (broad SMARTS) is 2. The zero-order chi connectivity index (χ0) is 12.7. The van der Waals surface area contributed by atoms with Gasteiger partial charge in [0.15, 0.2) is 0 Å². The predicted molar refractivity (Wildman–Crippen MR) is 60.1 cm³/mol. The van der Waals surface area contributed by atoms with E-state index in [0.29, 0.717) is 0 Å². The van der Waals surface area contributed by atoms with Crippen molar-refractivity contribution >= 4 is 11.9 Å². The molecule has 0 bridgehead atoms. The van der Waals surface area contributed by atoms with Crippen LogP contribution < -0.4 is 0 Å². The van der Waals surface area contributed by atoms with Crippen LogP contribution in [-0.2, 0) is 9.59 Å². The monoisotopic (exact) mass is 225 g/mol. The molecular weight excluding hydrogens is 210 g/mol. The molecular formula is C11H15NO4. The molecule has 0 aliphatic heterocycles. The van der Waals surface area contributed by atoms with Crippen molar-refractivity contribution in [3.05, 3.63) is 38.0 Å². The van der Waals surface area contributed by atoms with Crippen LogP contribution in [0.5, 0.6) is 0 Å². The van der Waals surface area contributed by atoms with Gasteiger partial charge in [-0.2, -0.15) is 0 Å². The first-order valence-electron chi connectivity index (χ1n) is 4.57. The minimum Gasteiger partial charge on any atom is -0.480 e. The maximum atomic E-state index is 10.9. The number of hydrogen-bond acceptors (Lipinski definition) is 3. The number of aliphatic carboxylic acids is 2. The summed E-state index contributed by atoms with van der Waals surface area (Å²) in [5, 5.41) is 17.8. The van der Waals surface area contributed by atoms with Crippen molar-refractivity contribution in [2.75, 3.05) is 6.54 Å². The molecule has 0 amide bonds. The Bertz CT molecular complexity index is 285. The average Bonchev–Trinajstić information content (AvgIpc) is 2.18. The summed E-state index contributed by atoms with van der Waals surface area (Å²) >= 11 is 0. The van der Waals surface area contributed by atoms with Crippen LogP contribution in [0, 0.1) is 0 Å². The summed E-state index contributed by atoms with van der Waals surface area (Å²) in [7, 11) is 0. The first-order chi connectivity index (χ1) is 7.49. The standard InChI is InChI=1S/C11H15NO4/c1-4-7-12(8(5-2)10(13)14)9(6-3)11(15)16/h4-6,8-9H,1-3,7H2,(H,13,14)(H,15,16). The lowest BCUT2D eigenvalue weighted by molar-refractivity contribution is -0.146. The Morgan fingerprint density at radius 2 is 1.44 bits per heavy atom. The van der Waals surface area contributed by atoms with E-state index in [9.17, 15) is 9.59 Å². The summed E-state index contributed by atoms with van der Waals surface area (Å²) in [4.78, 5) is 23.1. The van der Waals surface area contributed by atoms with E-state index in [4.69, 9.17) is 10.2 Å². The third-order valence-corrected chi connectivity index (χ3v) is 2.01. The van der Waals surface area contributed by atoms with Gasteiger partial charge in [-0.1, -0.05) is 18.2 Å². The molecule has 0 aromatic heterocycles. The first kappa shape index (κ1) is 14.1. The number of rotatable bonds is 8. The first-order valence-corrected chi connectivity index (χ1v) is 4.57. The maximum absolute atomic E-state index is 10.9. The quantitative estimate of drug-likeness (QED) is 0.596. The van der Waals surface area contributed by atoms with Crippen LogP contribution in [-0.4, -0.2) is 45.7 Å². The molecule has 0 aromatic carbocycles. The van der Waals surface area contributed by atoms with Crippen LogP contribution in [0.25, 0.3) is 0 Å². The molecule has 0 spiro atoms. The summed E-state index contributed by atoms with van der Waals surface area (Å²) in [5.74, 6) is -2.32. The van der Waals surface area contributed by atoms with Crippen molar-refractivity contribution in [3.63, 3.8) is 0 Å². The summed E-state index contributed by atoms with van der Waals surface area (Å²) < 4.78 is 0. The molecule has 2 atom stereocenters. The second-order valence-corrected chi connectivity index (χ2v) is 3.02. The van der Waals surface area contributed by atoms with Crippen LogP contribution in [0.2, 0.25) is 0 Å². The summed E-state index contributed by atoms with van der Waals surface area (Å²) in [6, 6.07) is -2.17. The van der Waals surface area contributed by atoms with Gasteiger partial charge in [-0.05, 0) is 0 Å². The lowest BCUT2D eigenvalue weighted by atomic mass is 10.1. The molecule has 0 fully saturated rings. The van der Waals surface area contributed by atoms with E-state index in [1.807, 2.05) is 0 Å². The molecule has 0 radical (unpaired) electrons. The van der Waals surface area contributed by atoms with Crippen molar-refractivity contribution in [2.24, 2.45) is 0 Å². The molecule has 2 unspecified atom stereocenters. The average molecular weight is 225 g/mol. The van der Waals surface area contributed by atoms with E-state index < -0.39 is 24.0 Å². The fourth-order valence-electron chi connectivity index (χ4n) is 1.31. The van der Waals surface area contributed by atoms with Crippen LogP contribution >= 0.6 is 0 Å². The van der Waals surface area contributed by atoms with E-state index in [2.05, 4.69) is 19.7 Å². The van der Waals surface area contributed by atoms with Gasteiger partial charge in [0.1, 0.15) is 12.1 Å². The van der Waals surface area contributed by atoms with Crippen molar-refractivity contribution in [3.8, 4) is 0 Å². The largest absolute Gasteiger partial charge is 0.480 e. The molecule has 0 aliphatic carbocycles. The van der Waals surface area contributed by atoms with Gasteiger partial charge in [-0.15, -0.1) is 19.7 Å². The van der Waals surface area contributed by atoms with Gasteiger partial charge < -0.3 is 10.2 Å². The highest BCUT2D eigenvalue weighted by Crippen LogP contribution is 2.09. The molecule has 0 heterocycles. The van der Waals surface area contributed by atoms with Gasteiger partial charge in [-0.25, -0.2) is 0 Å².